The fraction of sp³-hybridized carbons (Fsp3) is 0.167. The van der Waals surface area contributed by atoms with Crippen LogP contribution in [-0.4, -0.2) is 34.3 Å². The zero-order valence-corrected chi connectivity index (χ0v) is 33.8. The van der Waals surface area contributed by atoms with Gasteiger partial charge in [-0.2, -0.15) is 13.3 Å². The number of hydrogen-bond donors (Lipinski definition) is 0. The first-order valence-corrected chi connectivity index (χ1v) is 15.4. The van der Waals surface area contributed by atoms with Crippen LogP contribution in [0.3, 0.4) is 0 Å². The third-order valence-corrected chi connectivity index (χ3v) is 7.22. The van der Waals surface area contributed by atoms with Crippen molar-refractivity contribution in [3.8, 4) is 0 Å². The van der Waals surface area contributed by atoms with Crippen molar-refractivity contribution in [2.24, 2.45) is 0 Å². The molecule has 0 atom stereocenters. The first kappa shape index (κ1) is 43.7. The molecule has 0 radical (unpaired) electrons. The van der Waals surface area contributed by atoms with Crippen molar-refractivity contribution in [1.82, 2.24) is 30.4 Å². The molecule has 0 N–H and O–H groups in total. The molecule has 54 heavy (non-hydrogen) atoms. The van der Waals surface area contributed by atoms with Crippen LogP contribution in [0, 0.1) is 88.1 Å². The van der Waals surface area contributed by atoms with Crippen LogP contribution in [0.15, 0.2) is 60.9 Å². The third-order valence-electron chi connectivity index (χ3n) is 7.22. The molecule has 0 saturated heterocycles. The number of aryl methyl sites for hydroxylation is 4. The van der Waals surface area contributed by atoms with Crippen molar-refractivity contribution in [2.75, 3.05) is 33.7 Å². The van der Waals surface area contributed by atoms with Crippen LogP contribution in [0.4, 0.5) is 60.7 Å². The van der Waals surface area contributed by atoms with Gasteiger partial charge in [0.15, 0.2) is 0 Å². The topological polar surface area (TPSA) is 92.7 Å². The molecule has 0 aliphatic carbocycles. The molecule has 6 heterocycles. The van der Waals surface area contributed by atoms with E-state index in [0.29, 0.717) is 11.6 Å². The van der Waals surface area contributed by atoms with E-state index in [9.17, 15) is 26.3 Å². The van der Waals surface area contributed by atoms with Crippen LogP contribution in [0.5, 0.6) is 0 Å². The summed E-state index contributed by atoms with van der Waals surface area (Å²) in [6, 6.07) is 17.1. The van der Waals surface area contributed by atoms with Crippen LogP contribution in [0.1, 0.15) is 22.8 Å². The van der Waals surface area contributed by atoms with Crippen LogP contribution in [0.25, 0.3) is 0 Å². The Morgan fingerprint density at radius 1 is 0.593 bits per heavy atom. The van der Waals surface area contributed by atoms with E-state index in [1.165, 1.54) is 9.80 Å². The summed E-state index contributed by atoms with van der Waals surface area (Å²) >= 11 is 0. The molecule has 8 rings (SSSR count). The third kappa shape index (κ3) is 10.3. The number of halogens is 6. The van der Waals surface area contributed by atoms with Gasteiger partial charge in [-0.05, 0) is 52.2 Å². The molecule has 2 aliphatic heterocycles. The molecular weight excluding hydrogens is 1080 g/mol. The molecule has 0 spiro atoms. The number of benzene rings is 2. The Morgan fingerprint density at radius 2 is 0.963 bits per heavy atom. The van der Waals surface area contributed by atoms with Gasteiger partial charge >= 0.3 is 0 Å². The van der Waals surface area contributed by atoms with Crippen molar-refractivity contribution in [1.29, 1.82) is 0 Å². The minimum Gasteiger partial charge on any atom is -0.579 e. The molecule has 292 valence electrons. The molecule has 18 heteroatoms. The van der Waals surface area contributed by atoms with Crippen molar-refractivity contribution < 1.29 is 68.5 Å². The second kappa shape index (κ2) is 19.1. The number of nitrogens with zero attached hydrogens (tertiary/aromatic N) is 10. The first-order valence-electron chi connectivity index (χ1n) is 15.4. The maximum absolute atomic E-state index is 13.3. The number of fused-ring (bicyclic) bond motifs is 2. The standard InChI is InChI=1S/2C13H8F3N3.2C5H7N2.2Pt/c2*1-18-7-19(13-11(18)3-2-4-17-13)8-5-9(14)12(16)10(15)6-8;2*1-4-3-5(2)7-6-4;;/h2*2-5,7H,1H3;2*3H,1-2H3;;/q2*-2;2*-1;;. The maximum atomic E-state index is 13.3. The molecule has 10 nitrogen and oxygen atoms in total. The quantitative estimate of drug-likeness (QED) is 0.0999. The van der Waals surface area contributed by atoms with E-state index in [4.69, 9.17) is 0 Å². The number of aromatic nitrogens is 6. The fourth-order valence-corrected chi connectivity index (χ4v) is 4.91. The van der Waals surface area contributed by atoms with Gasteiger partial charge in [0.2, 0.25) is 0 Å². The summed E-state index contributed by atoms with van der Waals surface area (Å²) in [5.41, 5.74) is 5.66. The Hall–Kier alpha value is -4.68. The van der Waals surface area contributed by atoms with Crippen LogP contribution >= 0.6 is 0 Å². The Kier molecular flexibility index (Phi) is 15.4. The second-order valence-corrected chi connectivity index (χ2v) is 11.4. The van der Waals surface area contributed by atoms with Crippen molar-refractivity contribution in [2.45, 2.75) is 27.7 Å². The van der Waals surface area contributed by atoms with Crippen LogP contribution < -0.4 is 29.8 Å². The van der Waals surface area contributed by atoms with E-state index in [1.54, 1.807) is 61.8 Å². The molecule has 0 unspecified atom stereocenters. The van der Waals surface area contributed by atoms with Gasteiger partial charge in [-0.15, -0.1) is 35.7 Å². The van der Waals surface area contributed by atoms with Gasteiger partial charge in [0.1, 0.15) is 11.6 Å². The van der Waals surface area contributed by atoms with E-state index in [2.05, 4.69) is 42.5 Å². The smallest absolute Gasteiger partial charge is 0.124 e. The van der Waals surface area contributed by atoms with Crippen LogP contribution in [-0.2, 0) is 42.1 Å². The van der Waals surface area contributed by atoms with Gasteiger partial charge < -0.3 is 40.0 Å². The minimum absolute atomic E-state index is 0. The average Bonchev–Trinajstić information content (AvgIpc) is 3.88. The molecule has 0 saturated carbocycles. The second-order valence-electron chi connectivity index (χ2n) is 11.4. The Balaban J connectivity index is 0.000000210. The van der Waals surface area contributed by atoms with E-state index < -0.39 is 34.9 Å². The summed E-state index contributed by atoms with van der Waals surface area (Å²) in [6.07, 6.45) is 3.13. The number of hydrogen-bond acceptors (Lipinski definition) is 8. The normalized spacial score (nSPS) is 12.2. The largest absolute Gasteiger partial charge is 0.579 e. The van der Waals surface area contributed by atoms with Crippen molar-refractivity contribution in [3.05, 3.63) is 144 Å². The molecule has 0 fully saturated rings. The molecular formula is C36H30F6N10Pt2-6. The van der Waals surface area contributed by atoms with Crippen molar-refractivity contribution >= 4 is 34.4 Å². The Morgan fingerprint density at radius 3 is 1.24 bits per heavy atom. The Bertz CT molecular complexity index is 1930. The van der Waals surface area contributed by atoms with Gasteiger partial charge in [0.25, 0.3) is 0 Å². The van der Waals surface area contributed by atoms with Gasteiger partial charge in [-0.3, -0.25) is 8.78 Å². The predicted molar refractivity (Wildman–Crippen MR) is 183 cm³/mol. The van der Waals surface area contributed by atoms with Gasteiger partial charge in [-0.25, -0.2) is 27.5 Å². The molecule has 6 aromatic rings. The number of anilines is 6. The summed E-state index contributed by atoms with van der Waals surface area (Å²) in [6.45, 7) is 10.9. The van der Waals surface area contributed by atoms with Gasteiger partial charge in [0, 0.05) is 88.9 Å². The minimum atomic E-state index is -1.53. The average molecular weight is 1110 g/mol. The molecule has 0 amide bonds. The van der Waals surface area contributed by atoms with Crippen molar-refractivity contribution in [3.63, 3.8) is 0 Å². The molecule has 2 aliphatic rings. The zero-order valence-electron chi connectivity index (χ0n) is 29.3. The van der Waals surface area contributed by atoms with Gasteiger partial charge in [0.05, 0.1) is 23.3 Å². The number of rotatable bonds is 2. The number of pyridine rings is 2. The monoisotopic (exact) mass is 1110 g/mol. The van der Waals surface area contributed by atoms with E-state index in [-0.39, 0.29) is 53.5 Å². The van der Waals surface area contributed by atoms with Gasteiger partial charge in [-0.1, -0.05) is 37.4 Å². The Labute approximate surface area is 337 Å². The van der Waals surface area contributed by atoms with E-state index >= 15 is 0 Å². The summed E-state index contributed by atoms with van der Waals surface area (Å²) in [4.78, 5) is 14.7. The van der Waals surface area contributed by atoms with E-state index in [1.807, 2.05) is 52.0 Å². The van der Waals surface area contributed by atoms with Crippen LogP contribution in [0.2, 0.25) is 0 Å². The molecule has 0 bridgehead atoms. The summed E-state index contributed by atoms with van der Waals surface area (Å²) < 4.78 is 78.8. The predicted octanol–water partition coefficient (Wildman–Crippen LogP) is 7.32. The summed E-state index contributed by atoms with van der Waals surface area (Å²) in [5.74, 6) is -7.27. The summed E-state index contributed by atoms with van der Waals surface area (Å²) in [7, 11) is 3.55. The molecule has 2 aromatic carbocycles. The molecule has 4 aromatic heterocycles. The summed E-state index contributed by atoms with van der Waals surface area (Å²) in [5, 5.41) is 15.1. The fourth-order valence-electron chi connectivity index (χ4n) is 4.91. The SMILES string of the molecule is CN1[CH-]N(c2[c-]c(F)c(F)c(F)c2)c2ncccc21.CN1[CH-]N(c2[c-]c(F)c(F)c(F)c2)c2ncccc21.Cc1cc(C)[n-]n1.Cc1cc(C)[n-]n1.[Pt].[Pt]. The first-order chi connectivity index (χ1) is 24.7. The van der Waals surface area contributed by atoms with E-state index in [0.717, 1.165) is 46.3 Å². The maximum Gasteiger partial charge on any atom is 0.124 e. The zero-order chi connectivity index (χ0) is 37.7.